The number of rotatable bonds is 4. The van der Waals surface area contributed by atoms with E-state index in [1.165, 1.54) is 16.7 Å². The van der Waals surface area contributed by atoms with Crippen LogP contribution in [0, 0.1) is 0 Å². The fourth-order valence-electron chi connectivity index (χ4n) is 7.66. The van der Waals surface area contributed by atoms with Crippen molar-refractivity contribution in [2.45, 2.75) is 78.6 Å². The topological polar surface area (TPSA) is 65.0 Å². The fraction of sp³-hybridized carbons (Fsp3) is 0.235. The van der Waals surface area contributed by atoms with Crippen LogP contribution < -0.4 is 0 Å². The second-order valence-corrected chi connectivity index (χ2v) is 18.2. The third-order valence-corrected chi connectivity index (χ3v) is 10.9. The van der Waals surface area contributed by atoms with Crippen LogP contribution in [-0.4, -0.2) is 15.0 Å². The van der Waals surface area contributed by atoms with E-state index in [2.05, 4.69) is 129 Å². The Morgan fingerprint density at radius 3 is 1.61 bits per heavy atom. The molecule has 3 heterocycles. The van der Waals surface area contributed by atoms with Crippen molar-refractivity contribution in [1.29, 1.82) is 0 Å². The van der Waals surface area contributed by atoms with Crippen molar-refractivity contribution < 1.29 is 8.83 Å². The predicted octanol–water partition coefficient (Wildman–Crippen LogP) is 14.2. The van der Waals surface area contributed by atoms with E-state index < -0.39 is 0 Å². The van der Waals surface area contributed by atoms with Crippen molar-refractivity contribution in [3.63, 3.8) is 0 Å². The molecule has 9 aromatic rings. The van der Waals surface area contributed by atoms with Crippen molar-refractivity contribution in [2.75, 3.05) is 0 Å². The van der Waals surface area contributed by atoms with E-state index in [9.17, 15) is 0 Å². The summed E-state index contributed by atoms with van der Waals surface area (Å²) in [5, 5.41) is 4.45. The molecule has 5 nitrogen and oxygen atoms in total. The molecule has 278 valence electrons. The summed E-state index contributed by atoms with van der Waals surface area (Å²) in [7, 11) is 0. The molecule has 0 radical (unpaired) electrons. The molecule has 0 N–H and O–H groups in total. The molecule has 3 aromatic heterocycles. The molecular formula is C51H47N3O2. The molecular weight excluding hydrogens is 687 g/mol. The Morgan fingerprint density at radius 2 is 0.929 bits per heavy atom. The van der Waals surface area contributed by atoms with Gasteiger partial charge in [-0.1, -0.05) is 141 Å². The van der Waals surface area contributed by atoms with Crippen molar-refractivity contribution in [3.8, 4) is 45.3 Å². The lowest BCUT2D eigenvalue weighted by Crippen LogP contribution is -2.16. The second kappa shape index (κ2) is 12.7. The largest absolute Gasteiger partial charge is 0.456 e. The Balaban J connectivity index is 1.25. The van der Waals surface area contributed by atoms with Gasteiger partial charge < -0.3 is 8.83 Å². The third kappa shape index (κ3) is 6.25. The molecule has 0 atom stereocenters. The van der Waals surface area contributed by atoms with E-state index in [-0.39, 0.29) is 16.2 Å². The smallest absolute Gasteiger partial charge is 0.164 e. The van der Waals surface area contributed by atoms with Gasteiger partial charge in [0.1, 0.15) is 22.3 Å². The van der Waals surface area contributed by atoms with Crippen LogP contribution in [0.5, 0.6) is 0 Å². The number of furan rings is 2. The van der Waals surface area contributed by atoms with Crippen LogP contribution in [-0.2, 0) is 16.2 Å². The minimum Gasteiger partial charge on any atom is -0.456 e. The first kappa shape index (κ1) is 35.6. The van der Waals surface area contributed by atoms with Gasteiger partial charge in [0.25, 0.3) is 0 Å². The van der Waals surface area contributed by atoms with Crippen LogP contribution in [0.2, 0.25) is 0 Å². The highest BCUT2D eigenvalue weighted by Gasteiger charge is 2.28. The zero-order valence-corrected chi connectivity index (χ0v) is 33.7. The molecule has 0 bridgehead atoms. The van der Waals surface area contributed by atoms with Crippen LogP contribution >= 0.6 is 0 Å². The molecule has 0 saturated carbocycles. The van der Waals surface area contributed by atoms with E-state index in [4.69, 9.17) is 23.8 Å². The maximum atomic E-state index is 7.04. The highest BCUT2D eigenvalue weighted by Crippen LogP contribution is 2.45. The van der Waals surface area contributed by atoms with Gasteiger partial charge in [-0.15, -0.1) is 0 Å². The molecule has 6 aromatic carbocycles. The van der Waals surface area contributed by atoms with Crippen molar-refractivity contribution >= 4 is 43.9 Å². The molecule has 0 unspecified atom stereocenters. The van der Waals surface area contributed by atoms with E-state index in [0.29, 0.717) is 17.5 Å². The first-order chi connectivity index (χ1) is 26.6. The summed E-state index contributed by atoms with van der Waals surface area (Å²) in [6, 6.07) is 42.3. The van der Waals surface area contributed by atoms with Gasteiger partial charge in [-0.25, -0.2) is 15.0 Å². The van der Waals surface area contributed by atoms with E-state index >= 15 is 0 Å². The number of hydrogen-bond donors (Lipinski definition) is 0. The van der Waals surface area contributed by atoms with Crippen LogP contribution in [0.1, 0.15) is 79.0 Å². The van der Waals surface area contributed by atoms with E-state index in [1.54, 1.807) is 0 Å². The lowest BCUT2D eigenvalue weighted by Gasteiger charge is -2.25. The summed E-state index contributed by atoms with van der Waals surface area (Å²) in [6.45, 7) is 20.5. The Hall–Kier alpha value is -6.07. The average Bonchev–Trinajstić information content (AvgIpc) is 3.74. The highest BCUT2D eigenvalue weighted by molar-refractivity contribution is 6.11. The van der Waals surface area contributed by atoms with Gasteiger partial charge in [-0.05, 0) is 75.4 Å². The molecule has 0 saturated heterocycles. The summed E-state index contributed by atoms with van der Waals surface area (Å²) in [5.41, 5.74) is 11.8. The van der Waals surface area contributed by atoms with E-state index in [1.807, 2.05) is 54.6 Å². The van der Waals surface area contributed by atoms with Crippen LogP contribution in [0.3, 0.4) is 0 Å². The molecule has 0 aliphatic heterocycles. The molecule has 0 fully saturated rings. The normalized spacial score (nSPS) is 12.7. The summed E-state index contributed by atoms with van der Waals surface area (Å²) >= 11 is 0. The molecule has 0 spiro atoms. The molecule has 56 heavy (non-hydrogen) atoms. The number of para-hydroxylation sites is 1. The van der Waals surface area contributed by atoms with Gasteiger partial charge in [0, 0.05) is 49.4 Å². The second-order valence-electron chi connectivity index (χ2n) is 18.2. The lowest BCUT2D eigenvalue weighted by atomic mass is 9.79. The minimum atomic E-state index is -0.109. The molecule has 9 rings (SSSR count). The third-order valence-electron chi connectivity index (χ3n) is 10.9. The Bertz CT molecular complexity index is 2960. The standard InChI is InChI=1S/C51H47N3O2/c1-49(2,3)34-26-38(44-39(27-34)40-28-35(50(4,5)6)29-41(45(40)56-44)51(7,8)9)31-18-15-19-32(24-31)47-52-46(30-16-11-10-12-17-30)53-48(54-47)33-22-23-37-36-20-13-14-21-42(36)55-43(37)25-33/h10-29H,1-9H3. The Labute approximate surface area is 328 Å². The number of hydrogen-bond acceptors (Lipinski definition) is 5. The van der Waals surface area contributed by atoms with Crippen molar-refractivity contribution in [2.24, 2.45) is 0 Å². The van der Waals surface area contributed by atoms with Crippen LogP contribution in [0.4, 0.5) is 0 Å². The number of aromatic nitrogens is 3. The molecule has 5 heteroatoms. The van der Waals surface area contributed by atoms with E-state index in [0.717, 1.165) is 71.7 Å². The predicted molar refractivity (Wildman–Crippen MR) is 232 cm³/mol. The highest BCUT2D eigenvalue weighted by atomic mass is 16.3. The van der Waals surface area contributed by atoms with Crippen LogP contribution in [0.25, 0.3) is 89.2 Å². The van der Waals surface area contributed by atoms with Gasteiger partial charge in [-0.3, -0.25) is 0 Å². The lowest BCUT2D eigenvalue weighted by molar-refractivity contribution is 0.559. The minimum absolute atomic E-state index is 0.0175. The molecule has 0 aliphatic carbocycles. The first-order valence-electron chi connectivity index (χ1n) is 19.5. The van der Waals surface area contributed by atoms with Gasteiger partial charge in [0.15, 0.2) is 17.5 Å². The fourth-order valence-corrected chi connectivity index (χ4v) is 7.66. The maximum absolute atomic E-state index is 7.04. The zero-order valence-electron chi connectivity index (χ0n) is 33.7. The summed E-state index contributed by atoms with van der Waals surface area (Å²) in [6.07, 6.45) is 0. The van der Waals surface area contributed by atoms with Crippen molar-refractivity contribution in [3.05, 3.63) is 138 Å². The number of fused-ring (bicyclic) bond motifs is 6. The zero-order chi connectivity index (χ0) is 39.1. The van der Waals surface area contributed by atoms with Gasteiger partial charge in [0.2, 0.25) is 0 Å². The molecule has 0 amide bonds. The van der Waals surface area contributed by atoms with Gasteiger partial charge >= 0.3 is 0 Å². The number of nitrogens with zero attached hydrogens (tertiary/aromatic N) is 3. The molecule has 0 aliphatic rings. The first-order valence-corrected chi connectivity index (χ1v) is 19.5. The Morgan fingerprint density at radius 1 is 0.375 bits per heavy atom. The summed E-state index contributed by atoms with van der Waals surface area (Å²) < 4.78 is 13.3. The van der Waals surface area contributed by atoms with Gasteiger partial charge in [-0.2, -0.15) is 0 Å². The summed E-state index contributed by atoms with van der Waals surface area (Å²) in [5.74, 6) is 1.79. The average molecular weight is 734 g/mol. The summed E-state index contributed by atoms with van der Waals surface area (Å²) in [4.78, 5) is 15.2. The number of benzene rings is 6. The SMILES string of the molecule is CC(C)(C)c1cc(-c2cccc(-c3nc(-c4ccccc4)nc(-c4ccc5c(c4)oc4ccccc45)n3)c2)c2oc3c(C(C)(C)C)cc(C(C)(C)C)cc3c2c1. The monoisotopic (exact) mass is 733 g/mol. The van der Waals surface area contributed by atoms with Gasteiger partial charge in [0.05, 0.1) is 0 Å². The van der Waals surface area contributed by atoms with Crippen molar-refractivity contribution in [1.82, 2.24) is 15.0 Å². The quantitative estimate of drug-likeness (QED) is 0.180. The van der Waals surface area contributed by atoms with Crippen LogP contribution in [0.15, 0.2) is 130 Å². The Kier molecular flexibility index (Phi) is 8.10. The maximum Gasteiger partial charge on any atom is 0.164 e.